The summed E-state index contributed by atoms with van der Waals surface area (Å²) in [6, 6.07) is 0. The van der Waals surface area contributed by atoms with E-state index in [0.717, 1.165) is 24.5 Å². The highest BCUT2D eigenvalue weighted by atomic mass is 16.4. The molecule has 4 heteroatoms. The van der Waals surface area contributed by atoms with Gasteiger partial charge in [0.05, 0.1) is 13.6 Å². The Morgan fingerprint density at radius 1 is 1.33 bits per heavy atom. The van der Waals surface area contributed by atoms with Crippen LogP contribution in [0.2, 0.25) is 0 Å². The molecule has 0 saturated carbocycles. The van der Waals surface area contributed by atoms with E-state index in [1.165, 1.54) is 0 Å². The van der Waals surface area contributed by atoms with Crippen LogP contribution in [0.4, 0.5) is 0 Å². The molecule has 0 N–H and O–H groups in total. The largest absolute Gasteiger partial charge is 0.541 e. The molecule has 1 aromatic heterocycles. The lowest BCUT2D eigenvalue weighted by molar-refractivity contribution is -0.683. The zero-order valence-corrected chi connectivity index (χ0v) is 9.83. The second-order valence-corrected chi connectivity index (χ2v) is 3.51. The number of rotatable bonds is 4. The summed E-state index contributed by atoms with van der Waals surface area (Å²) in [4.78, 5) is 11.1. The quantitative estimate of drug-likeness (QED) is 0.647. The smallest absolute Gasteiger partial charge is 0.256 e. The van der Waals surface area contributed by atoms with E-state index in [4.69, 9.17) is 0 Å². The van der Waals surface area contributed by atoms with Crippen molar-refractivity contribution >= 4 is 5.97 Å². The fourth-order valence-corrected chi connectivity index (χ4v) is 2.20. The molecule has 0 amide bonds. The minimum absolute atomic E-state index is 0.316. The molecule has 0 aliphatic heterocycles. The van der Waals surface area contributed by atoms with Crippen molar-refractivity contribution in [2.24, 2.45) is 7.05 Å². The van der Waals surface area contributed by atoms with Gasteiger partial charge in [0.25, 0.3) is 5.82 Å². The molecule has 0 aliphatic carbocycles. The Balaban J connectivity index is 3.51. The van der Waals surface area contributed by atoms with Gasteiger partial charge in [-0.2, -0.15) is 0 Å². The van der Waals surface area contributed by atoms with E-state index < -0.39 is 5.97 Å². The summed E-state index contributed by atoms with van der Waals surface area (Å²) in [5, 5.41) is 11.1. The first kappa shape index (κ1) is 11.8. The van der Waals surface area contributed by atoms with Gasteiger partial charge in [0, 0.05) is 12.8 Å². The predicted octanol–water partition coefficient (Wildman–Crippen LogP) is -0.179. The molecule has 0 fully saturated rings. The Morgan fingerprint density at radius 3 is 2.27 bits per heavy atom. The third-order valence-corrected chi connectivity index (χ3v) is 2.79. The third kappa shape index (κ3) is 1.76. The number of hydrogen-bond donors (Lipinski definition) is 0. The molecular weight excluding hydrogens is 192 g/mol. The number of hydrogen-bond acceptors (Lipinski definition) is 2. The van der Waals surface area contributed by atoms with Crippen LogP contribution >= 0.6 is 0 Å². The minimum atomic E-state index is -1.09. The standard InChI is InChI=1S/C11H18N2O2/c1-5-8-10(11(14)15)12(4)9(6-2)13(8)7-3/h5-7H2,1-4H3. The Labute approximate surface area is 90.2 Å². The number of aromatic carboxylic acids is 1. The summed E-state index contributed by atoms with van der Waals surface area (Å²) < 4.78 is 3.79. The summed E-state index contributed by atoms with van der Waals surface area (Å²) in [5.74, 6) is -0.0511. The van der Waals surface area contributed by atoms with E-state index in [1.54, 1.807) is 11.6 Å². The third-order valence-electron chi connectivity index (χ3n) is 2.79. The zero-order chi connectivity index (χ0) is 11.6. The topological polar surface area (TPSA) is 48.9 Å². The van der Waals surface area contributed by atoms with Crippen molar-refractivity contribution in [2.45, 2.75) is 40.2 Å². The summed E-state index contributed by atoms with van der Waals surface area (Å²) in [6.45, 7) is 6.82. The van der Waals surface area contributed by atoms with Gasteiger partial charge in [-0.1, -0.05) is 13.8 Å². The number of carboxylic acids is 1. The van der Waals surface area contributed by atoms with Gasteiger partial charge < -0.3 is 9.90 Å². The van der Waals surface area contributed by atoms with Crippen LogP contribution in [-0.2, 0) is 26.4 Å². The second kappa shape index (κ2) is 4.47. The van der Waals surface area contributed by atoms with Gasteiger partial charge >= 0.3 is 0 Å². The summed E-state index contributed by atoms with van der Waals surface area (Å²) in [5.41, 5.74) is 1.17. The first-order valence-corrected chi connectivity index (χ1v) is 5.39. The SMILES string of the molecule is CCc1c(C(=O)[O-])[n+](C)c(CC)n1CC. The maximum Gasteiger partial charge on any atom is 0.256 e. The van der Waals surface area contributed by atoms with E-state index in [9.17, 15) is 9.90 Å². The molecule has 15 heavy (non-hydrogen) atoms. The molecule has 84 valence electrons. The number of imidazole rings is 1. The van der Waals surface area contributed by atoms with Gasteiger partial charge in [-0.05, 0) is 6.92 Å². The van der Waals surface area contributed by atoms with Crippen molar-refractivity contribution in [3.05, 3.63) is 17.2 Å². The molecule has 0 unspecified atom stereocenters. The zero-order valence-electron chi connectivity index (χ0n) is 9.83. The lowest BCUT2D eigenvalue weighted by Crippen LogP contribution is -2.42. The van der Waals surface area contributed by atoms with Crippen molar-refractivity contribution in [1.82, 2.24) is 4.57 Å². The van der Waals surface area contributed by atoms with Crippen molar-refractivity contribution in [3.63, 3.8) is 0 Å². The van der Waals surface area contributed by atoms with Gasteiger partial charge in [-0.15, -0.1) is 0 Å². The molecule has 1 rings (SSSR count). The Bertz CT molecular complexity index is 380. The van der Waals surface area contributed by atoms with Crippen molar-refractivity contribution < 1.29 is 14.5 Å². The van der Waals surface area contributed by atoms with Crippen molar-refractivity contribution in [1.29, 1.82) is 0 Å². The summed E-state index contributed by atoms with van der Waals surface area (Å²) >= 11 is 0. The lowest BCUT2D eigenvalue weighted by Gasteiger charge is -2.00. The maximum atomic E-state index is 11.1. The van der Waals surface area contributed by atoms with Gasteiger partial charge in [-0.25, -0.2) is 9.13 Å². The van der Waals surface area contributed by atoms with Gasteiger partial charge in [-0.3, -0.25) is 0 Å². The molecule has 0 aliphatic rings. The second-order valence-electron chi connectivity index (χ2n) is 3.51. The molecule has 0 bridgehead atoms. The normalized spacial score (nSPS) is 10.7. The van der Waals surface area contributed by atoms with Crippen LogP contribution < -0.4 is 9.67 Å². The van der Waals surface area contributed by atoms with Gasteiger partial charge in [0.1, 0.15) is 5.97 Å². The van der Waals surface area contributed by atoms with Crippen LogP contribution in [0.3, 0.4) is 0 Å². The highest BCUT2D eigenvalue weighted by Gasteiger charge is 2.25. The van der Waals surface area contributed by atoms with E-state index in [1.807, 2.05) is 20.8 Å². The molecule has 4 nitrogen and oxygen atoms in total. The van der Waals surface area contributed by atoms with Crippen LogP contribution in [0.25, 0.3) is 0 Å². The van der Waals surface area contributed by atoms with Crippen LogP contribution in [0.1, 0.15) is 42.8 Å². The van der Waals surface area contributed by atoms with E-state index in [0.29, 0.717) is 12.1 Å². The molecule has 0 spiro atoms. The minimum Gasteiger partial charge on any atom is -0.541 e. The number of carbonyl (C=O) groups excluding carboxylic acids is 1. The monoisotopic (exact) mass is 210 g/mol. The highest BCUT2D eigenvalue weighted by molar-refractivity contribution is 5.83. The van der Waals surface area contributed by atoms with E-state index in [-0.39, 0.29) is 0 Å². The van der Waals surface area contributed by atoms with E-state index in [2.05, 4.69) is 4.57 Å². The number of carbonyl (C=O) groups is 1. The highest BCUT2D eigenvalue weighted by Crippen LogP contribution is 2.11. The first-order valence-electron chi connectivity index (χ1n) is 5.39. The Hall–Kier alpha value is -1.32. The molecule has 0 atom stereocenters. The summed E-state index contributed by atoms with van der Waals surface area (Å²) in [6.07, 6.45) is 1.54. The van der Waals surface area contributed by atoms with Crippen molar-refractivity contribution in [2.75, 3.05) is 0 Å². The van der Waals surface area contributed by atoms with Gasteiger partial charge in [0.2, 0.25) is 0 Å². The molecule has 0 radical (unpaired) electrons. The van der Waals surface area contributed by atoms with Crippen LogP contribution in [0.5, 0.6) is 0 Å². The van der Waals surface area contributed by atoms with E-state index >= 15 is 0 Å². The number of carboxylic acid groups (broad SMARTS) is 1. The van der Waals surface area contributed by atoms with Crippen LogP contribution in [0.15, 0.2) is 0 Å². The number of nitrogens with zero attached hydrogens (tertiary/aromatic N) is 2. The fraction of sp³-hybridized carbons (Fsp3) is 0.636. The molecular formula is C11H18N2O2. The lowest BCUT2D eigenvalue weighted by atomic mass is 10.2. The Morgan fingerprint density at radius 2 is 1.93 bits per heavy atom. The Kier molecular flexibility index (Phi) is 3.50. The molecule has 1 heterocycles. The predicted molar refractivity (Wildman–Crippen MR) is 54.4 cm³/mol. The van der Waals surface area contributed by atoms with Gasteiger partial charge in [0.15, 0.2) is 11.4 Å². The summed E-state index contributed by atoms with van der Waals surface area (Å²) in [7, 11) is 1.79. The first-order chi connectivity index (χ1) is 7.08. The molecule has 0 aromatic carbocycles. The van der Waals surface area contributed by atoms with Crippen LogP contribution in [0, 0.1) is 0 Å². The number of aromatic nitrogens is 2. The fourth-order valence-electron chi connectivity index (χ4n) is 2.20. The van der Waals surface area contributed by atoms with Crippen molar-refractivity contribution in [3.8, 4) is 0 Å². The van der Waals surface area contributed by atoms with Crippen LogP contribution in [-0.4, -0.2) is 10.5 Å². The molecule has 1 aromatic rings. The molecule has 0 saturated heterocycles. The average Bonchev–Trinajstić information content (AvgIpc) is 2.49. The maximum absolute atomic E-state index is 11.1. The average molecular weight is 210 g/mol.